The van der Waals surface area contributed by atoms with Crippen molar-refractivity contribution < 1.29 is 4.74 Å². The number of hydrogen-bond donors (Lipinski definition) is 1. The molecule has 3 unspecified atom stereocenters. The molecule has 0 aromatic rings. The Morgan fingerprint density at radius 1 is 1.41 bits per heavy atom. The molecule has 0 aromatic heterocycles. The van der Waals surface area contributed by atoms with Crippen LogP contribution in [-0.4, -0.2) is 49.8 Å². The van der Waals surface area contributed by atoms with E-state index >= 15 is 0 Å². The molecule has 1 heterocycles. The highest BCUT2D eigenvalue weighted by Crippen LogP contribution is 2.18. The van der Waals surface area contributed by atoms with E-state index in [9.17, 15) is 0 Å². The van der Waals surface area contributed by atoms with Gasteiger partial charge in [-0.3, -0.25) is 4.90 Å². The maximum atomic E-state index is 5.43. The molecule has 1 fully saturated rings. The van der Waals surface area contributed by atoms with Gasteiger partial charge >= 0.3 is 0 Å². The van der Waals surface area contributed by atoms with Crippen LogP contribution in [0.5, 0.6) is 0 Å². The van der Waals surface area contributed by atoms with Crippen LogP contribution in [0.4, 0.5) is 0 Å². The number of ether oxygens (including phenoxy) is 1. The molecule has 0 spiro atoms. The van der Waals surface area contributed by atoms with Crippen molar-refractivity contribution in [2.24, 2.45) is 5.92 Å². The standard InChI is InChI=1S/C14H30N2O/c1-5-12(3)14-10-15-13(4)11-16(14)8-7-9-17-6-2/h12-15H,5-11H2,1-4H3. The lowest BCUT2D eigenvalue weighted by Crippen LogP contribution is -2.57. The van der Waals surface area contributed by atoms with E-state index in [0.717, 1.165) is 32.1 Å². The third-order valence-corrected chi connectivity index (χ3v) is 3.89. The maximum Gasteiger partial charge on any atom is 0.0478 e. The number of nitrogens with zero attached hydrogens (tertiary/aromatic N) is 1. The molecule has 0 amide bonds. The van der Waals surface area contributed by atoms with Crippen molar-refractivity contribution in [2.45, 2.75) is 52.6 Å². The Morgan fingerprint density at radius 2 is 2.18 bits per heavy atom. The van der Waals surface area contributed by atoms with Gasteiger partial charge in [0, 0.05) is 44.9 Å². The Hall–Kier alpha value is -0.120. The first-order valence-corrected chi connectivity index (χ1v) is 7.24. The lowest BCUT2D eigenvalue weighted by atomic mass is 9.94. The number of nitrogens with one attached hydrogen (secondary N) is 1. The van der Waals surface area contributed by atoms with E-state index in [1.807, 2.05) is 0 Å². The third-order valence-electron chi connectivity index (χ3n) is 3.89. The summed E-state index contributed by atoms with van der Waals surface area (Å²) in [6.07, 6.45) is 2.43. The smallest absolute Gasteiger partial charge is 0.0478 e. The highest BCUT2D eigenvalue weighted by atomic mass is 16.5. The molecule has 1 aliphatic rings. The molecule has 0 radical (unpaired) electrons. The summed E-state index contributed by atoms with van der Waals surface area (Å²) in [7, 11) is 0. The molecule has 3 atom stereocenters. The van der Waals surface area contributed by atoms with Gasteiger partial charge in [-0.15, -0.1) is 0 Å². The number of hydrogen-bond acceptors (Lipinski definition) is 3. The van der Waals surface area contributed by atoms with E-state index in [0.29, 0.717) is 12.1 Å². The van der Waals surface area contributed by atoms with E-state index in [-0.39, 0.29) is 0 Å². The van der Waals surface area contributed by atoms with Crippen LogP contribution in [0, 0.1) is 5.92 Å². The second-order valence-electron chi connectivity index (χ2n) is 5.31. The summed E-state index contributed by atoms with van der Waals surface area (Å²) in [5.74, 6) is 0.780. The maximum absolute atomic E-state index is 5.43. The highest BCUT2D eigenvalue weighted by Gasteiger charge is 2.28. The van der Waals surface area contributed by atoms with Crippen molar-refractivity contribution in [1.82, 2.24) is 10.2 Å². The zero-order chi connectivity index (χ0) is 12.7. The van der Waals surface area contributed by atoms with Crippen molar-refractivity contribution in [1.29, 1.82) is 0 Å². The fourth-order valence-corrected chi connectivity index (χ4v) is 2.61. The van der Waals surface area contributed by atoms with Gasteiger partial charge in [-0.1, -0.05) is 20.3 Å². The molecule has 102 valence electrons. The summed E-state index contributed by atoms with van der Waals surface area (Å²) in [6, 6.07) is 1.33. The SMILES string of the molecule is CCOCCCN1CC(C)NCC1C(C)CC. The molecule has 17 heavy (non-hydrogen) atoms. The fraction of sp³-hybridized carbons (Fsp3) is 1.00. The highest BCUT2D eigenvalue weighted by molar-refractivity contribution is 4.86. The Labute approximate surface area is 107 Å². The first kappa shape index (κ1) is 14.9. The van der Waals surface area contributed by atoms with Crippen LogP contribution in [0.15, 0.2) is 0 Å². The lowest BCUT2D eigenvalue weighted by molar-refractivity contribution is 0.0761. The second kappa shape index (κ2) is 8.06. The van der Waals surface area contributed by atoms with Crippen molar-refractivity contribution in [3.8, 4) is 0 Å². The molecule has 1 saturated heterocycles. The second-order valence-corrected chi connectivity index (χ2v) is 5.31. The van der Waals surface area contributed by atoms with Crippen molar-refractivity contribution >= 4 is 0 Å². The van der Waals surface area contributed by atoms with Crippen LogP contribution in [-0.2, 0) is 4.74 Å². The minimum atomic E-state index is 0.627. The van der Waals surface area contributed by atoms with Gasteiger partial charge in [0.05, 0.1) is 0 Å². The molecular formula is C14H30N2O. The third kappa shape index (κ3) is 4.94. The van der Waals surface area contributed by atoms with Crippen LogP contribution < -0.4 is 5.32 Å². The lowest BCUT2D eigenvalue weighted by Gasteiger charge is -2.42. The van der Waals surface area contributed by atoms with Crippen LogP contribution in [0.1, 0.15) is 40.5 Å². The van der Waals surface area contributed by atoms with Gasteiger partial charge in [-0.2, -0.15) is 0 Å². The van der Waals surface area contributed by atoms with E-state index in [2.05, 4.69) is 37.9 Å². The number of rotatable bonds is 7. The molecule has 3 nitrogen and oxygen atoms in total. The van der Waals surface area contributed by atoms with Crippen LogP contribution in [0.3, 0.4) is 0 Å². The topological polar surface area (TPSA) is 24.5 Å². The predicted molar refractivity (Wildman–Crippen MR) is 73.4 cm³/mol. The van der Waals surface area contributed by atoms with Gasteiger partial charge in [0.2, 0.25) is 0 Å². The van der Waals surface area contributed by atoms with Gasteiger partial charge in [0.25, 0.3) is 0 Å². The van der Waals surface area contributed by atoms with Gasteiger partial charge in [0.1, 0.15) is 0 Å². The van der Waals surface area contributed by atoms with Gasteiger partial charge in [-0.25, -0.2) is 0 Å². The van der Waals surface area contributed by atoms with Crippen LogP contribution >= 0.6 is 0 Å². The van der Waals surface area contributed by atoms with Crippen molar-refractivity contribution in [2.75, 3.05) is 32.8 Å². The van der Waals surface area contributed by atoms with E-state index in [1.54, 1.807) is 0 Å². The largest absolute Gasteiger partial charge is 0.382 e. The molecule has 1 aliphatic heterocycles. The summed E-state index contributed by atoms with van der Waals surface area (Å²) in [5, 5.41) is 3.61. The van der Waals surface area contributed by atoms with Crippen LogP contribution in [0.2, 0.25) is 0 Å². The van der Waals surface area contributed by atoms with Crippen molar-refractivity contribution in [3.63, 3.8) is 0 Å². The molecule has 0 aromatic carbocycles. The van der Waals surface area contributed by atoms with Gasteiger partial charge in [0.15, 0.2) is 0 Å². The quantitative estimate of drug-likeness (QED) is 0.692. The number of piperazine rings is 1. The first-order valence-electron chi connectivity index (χ1n) is 7.24. The molecular weight excluding hydrogens is 212 g/mol. The van der Waals surface area contributed by atoms with E-state index < -0.39 is 0 Å². The molecule has 3 heteroatoms. The predicted octanol–water partition coefficient (Wildman–Crippen LogP) is 2.12. The average Bonchev–Trinajstić information content (AvgIpc) is 2.34. The summed E-state index contributed by atoms with van der Waals surface area (Å²) in [6.45, 7) is 14.3. The summed E-state index contributed by atoms with van der Waals surface area (Å²) in [5.41, 5.74) is 0. The summed E-state index contributed by atoms with van der Waals surface area (Å²) in [4.78, 5) is 2.66. The average molecular weight is 242 g/mol. The monoisotopic (exact) mass is 242 g/mol. The minimum Gasteiger partial charge on any atom is -0.382 e. The molecule has 0 bridgehead atoms. The molecule has 1 N–H and O–H groups in total. The Balaban J connectivity index is 2.38. The van der Waals surface area contributed by atoms with E-state index in [1.165, 1.54) is 19.5 Å². The summed E-state index contributed by atoms with van der Waals surface area (Å²) < 4.78 is 5.43. The van der Waals surface area contributed by atoms with Gasteiger partial charge < -0.3 is 10.1 Å². The Morgan fingerprint density at radius 3 is 2.82 bits per heavy atom. The zero-order valence-electron chi connectivity index (χ0n) is 12.0. The molecule has 0 saturated carbocycles. The normalized spacial score (nSPS) is 28.2. The van der Waals surface area contributed by atoms with Gasteiger partial charge in [-0.05, 0) is 26.2 Å². The Kier molecular flexibility index (Phi) is 7.09. The zero-order valence-corrected chi connectivity index (χ0v) is 12.0. The van der Waals surface area contributed by atoms with E-state index in [4.69, 9.17) is 4.74 Å². The molecule has 0 aliphatic carbocycles. The minimum absolute atomic E-state index is 0.627. The summed E-state index contributed by atoms with van der Waals surface area (Å²) >= 11 is 0. The molecule has 1 rings (SSSR count). The Bertz CT molecular complexity index is 199. The van der Waals surface area contributed by atoms with Crippen molar-refractivity contribution in [3.05, 3.63) is 0 Å². The first-order chi connectivity index (χ1) is 8.19. The fourth-order valence-electron chi connectivity index (χ4n) is 2.61. The van der Waals surface area contributed by atoms with Crippen LogP contribution in [0.25, 0.3) is 0 Å².